The fraction of sp³-hybridized carbons (Fsp3) is 0.455. The summed E-state index contributed by atoms with van der Waals surface area (Å²) in [4.78, 5) is 20.6. The minimum atomic E-state index is -0.960. The third-order valence-corrected chi connectivity index (χ3v) is 5.22. The maximum atomic E-state index is 11.4. The Kier molecular flexibility index (Phi) is 6.19. The summed E-state index contributed by atoms with van der Waals surface area (Å²) in [7, 11) is 0. The van der Waals surface area contributed by atoms with Gasteiger partial charge in [0, 0.05) is 45.0 Å². The Bertz CT molecular complexity index is 822. The number of carboxylic acids is 1. The molecule has 1 fully saturated rings. The molecule has 2 heterocycles. The second-order valence-corrected chi connectivity index (χ2v) is 7.87. The largest absolute Gasteiger partial charge is 0.478 e. The monoisotopic (exact) mass is 382 g/mol. The molecule has 28 heavy (non-hydrogen) atoms. The first-order chi connectivity index (χ1) is 13.3. The Morgan fingerprint density at radius 3 is 2.32 bits per heavy atom. The van der Waals surface area contributed by atoms with E-state index in [9.17, 15) is 9.90 Å². The number of carboxylic acid groups (broad SMARTS) is 1. The van der Waals surface area contributed by atoms with Crippen molar-refractivity contribution in [3.8, 4) is 0 Å². The number of nitrogens with one attached hydrogen (secondary N) is 1. The summed E-state index contributed by atoms with van der Waals surface area (Å²) >= 11 is 0. The van der Waals surface area contributed by atoms with Crippen LogP contribution < -0.4 is 10.2 Å². The third kappa shape index (κ3) is 4.81. The molecular weight excluding hydrogens is 352 g/mol. The maximum Gasteiger partial charge on any atom is 0.337 e. The van der Waals surface area contributed by atoms with Crippen LogP contribution >= 0.6 is 0 Å². The number of nitrogens with zero attached hydrogens (tertiary/aromatic N) is 3. The summed E-state index contributed by atoms with van der Waals surface area (Å²) in [6.07, 6.45) is 1.45. The molecule has 1 aromatic heterocycles. The van der Waals surface area contributed by atoms with E-state index in [0.717, 1.165) is 37.7 Å². The third-order valence-electron chi connectivity index (χ3n) is 5.22. The lowest BCUT2D eigenvalue weighted by Crippen LogP contribution is -2.49. The van der Waals surface area contributed by atoms with Crippen molar-refractivity contribution in [3.63, 3.8) is 0 Å². The standard InChI is InChI=1S/C22H30N4O2/c1-15(2)25-5-7-26(8-6-25)21-20(12-19(14-24-21)22(27)28)23-13-18-10-16(3)9-17(4)11-18/h9-12,14-15,23H,5-8,13H2,1-4H3,(H,27,28). The van der Waals surface area contributed by atoms with E-state index in [2.05, 4.69) is 66.0 Å². The van der Waals surface area contributed by atoms with Gasteiger partial charge in [-0.15, -0.1) is 0 Å². The van der Waals surface area contributed by atoms with Crippen LogP contribution in [0.15, 0.2) is 30.5 Å². The topological polar surface area (TPSA) is 68.7 Å². The van der Waals surface area contributed by atoms with Gasteiger partial charge in [-0.1, -0.05) is 29.3 Å². The molecule has 1 saturated heterocycles. The van der Waals surface area contributed by atoms with Gasteiger partial charge in [-0.25, -0.2) is 9.78 Å². The Labute approximate surface area is 167 Å². The smallest absolute Gasteiger partial charge is 0.337 e. The van der Waals surface area contributed by atoms with Gasteiger partial charge < -0.3 is 15.3 Å². The Balaban J connectivity index is 1.81. The van der Waals surface area contributed by atoms with Crippen LogP contribution in [0, 0.1) is 13.8 Å². The molecule has 0 radical (unpaired) electrons. The number of anilines is 2. The number of aromatic nitrogens is 1. The molecule has 0 amide bonds. The number of rotatable bonds is 6. The number of aromatic carboxylic acids is 1. The van der Waals surface area contributed by atoms with Gasteiger partial charge in [-0.05, 0) is 39.3 Å². The van der Waals surface area contributed by atoms with E-state index in [1.165, 1.54) is 22.9 Å². The van der Waals surface area contributed by atoms with Gasteiger partial charge in [-0.3, -0.25) is 4.90 Å². The van der Waals surface area contributed by atoms with Crippen molar-refractivity contribution in [1.82, 2.24) is 9.88 Å². The van der Waals surface area contributed by atoms with Gasteiger partial charge in [0.1, 0.15) is 0 Å². The predicted octanol–water partition coefficient (Wildman–Crippen LogP) is 3.54. The highest BCUT2D eigenvalue weighted by atomic mass is 16.4. The molecule has 3 rings (SSSR count). The molecule has 0 saturated carbocycles. The van der Waals surface area contributed by atoms with Crippen LogP contribution in [0.2, 0.25) is 0 Å². The number of hydrogen-bond donors (Lipinski definition) is 2. The van der Waals surface area contributed by atoms with E-state index < -0.39 is 5.97 Å². The average molecular weight is 383 g/mol. The number of carbonyl (C=O) groups is 1. The Morgan fingerprint density at radius 2 is 1.75 bits per heavy atom. The summed E-state index contributed by atoms with van der Waals surface area (Å²) < 4.78 is 0. The minimum Gasteiger partial charge on any atom is -0.478 e. The van der Waals surface area contributed by atoms with Crippen molar-refractivity contribution in [2.75, 3.05) is 36.4 Å². The summed E-state index contributed by atoms with van der Waals surface area (Å²) in [6.45, 7) is 13.0. The molecule has 150 valence electrons. The Morgan fingerprint density at radius 1 is 1.11 bits per heavy atom. The van der Waals surface area contributed by atoms with Gasteiger partial charge >= 0.3 is 5.97 Å². The molecule has 2 N–H and O–H groups in total. The Hall–Kier alpha value is -2.60. The first kappa shape index (κ1) is 20.1. The van der Waals surface area contributed by atoms with Gasteiger partial charge in [0.05, 0.1) is 11.3 Å². The van der Waals surface area contributed by atoms with Crippen LogP contribution in [0.5, 0.6) is 0 Å². The highest BCUT2D eigenvalue weighted by Crippen LogP contribution is 2.27. The zero-order chi connectivity index (χ0) is 20.3. The quantitative estimate of drug-likeness (QED) is 0.796. The maximum absolute atomic E-state index is 11.4. The minimum absolute atomic E-state index is 0.201. The predicted molar refractivity (Wildman–Crippen MR) is 113 cm³/mol. The fourth-order valence-corrected chi connectivity index (χ4v) is 3.78. The van der Waals surface area contributed by atoms with Gasteiger partial charge in [0.25, 0.3) is 0 Å². The second-order valence-electron chi connectivity index (χ2n) is 7.87. The molecule has 1 aromatic carbocycles. The number of aryl methyl sites for hydroxylation is 2. The van der Waals surface area contributed by atoms with Gasteiger partial charge in [0.2, 0.25) is 0 Å². The van der Waals surface area contributed by atoms with E-state index in [-0.39, 0.29) is 5.56 Å². The van der Waals surface area contributed by atoms with E-state index in [4.69, 9.17) is 0 Å². The van der Waals surface area contributed by atoms with Crippen LogP contribution in [0.1, 0.15) is 40.9 Å². The molecule has 6 heteroatoms. The average Bonchev–Trinajstić information content (AvgIpc) is 2.65. The molecule has 0 bridgehead atoms. The van der Waals surface area contributed by atoms with E-state index in [0.29, 0.717) is 12.6 Å². The van der Waals surface area contributed by atoms with E-state index >= 15 is 0 Å². The van der Waals surface area contributed by atoms with Gasteiger partial charge in [0.15, 0.2) is 5.82 Å². The number of piperazine rings is 1. The lowest BCUT2D eigenvalue weighted by atomic mass is 10.1. The zero-order valence-corrected chi connectivity index (χ0v) is 17.2. The van der Waals surface area contributed by atoms with Crippen molar-refractivity contribution in [2.24, 2.45) is 0 Å². The zero-order valence-electron chi connectivity index (χ0n) is 17.2. The van der Waals surface area contributed by atoms with Crippen LogP contribution in [0.3, 0.4) is 0 Å². The van der Waals surface area contributed by atoms with Crippen LogP contribution in [0.25, 0.3) is 0 Å². The number of pyridine rings is 1. The molecule has 2 aromatic rings. The summed E-state index contributed by atoms with van der Waals surface area (Å²) in [5, 5.41) is 12.8. The molecule has 0 atom stereocenters. The van der Waals surface area contributed by atoms with Gasteiger partial charge in [-0.2, -0.15) is 0 Å². The first-order valence-corrected chi connectivity index (χ1v) is 9.87. The summed E-state index contributed by atoms with van der Waals surface area (Å²) in [5.41, 5.74) is 4.59. The van der Waals surface area contributed by atoms with E-state index in [1.54, 1.807) is 6.07 Å². The molecular formula is C22H30N4O2. The van der Waals surface area contributed by atoms with Crippen molar-refractivity contribution < 1.29 is 9.90 Å². The molecule has 6 nitrogen and oxygen atoms in total. The normalized spacial score (nSPS) is 15.1. The lowest BCUT2D eigenvalue weighted by Gasteiger charge is -2.38. The highest BCUT2D eigenvalue weighted by molar-refractivity contribution is 5.89. The van der Waals surface area contributed by atoms with Crippen molar-refractivity contribution >= 4 is 17.5 Å². The van der Waals surface area contributed by atoms with Crippen LogP contribution in [-0.4, -0.2) is 53.2 Å². The number of benzene rings is 1. The summed E-state index contributed by atoms with van der Waals surface area (Å²) in [5.74, 6) is -0.129. The van der Waals surface area contributed by atoms with Crippen molar-refractivity contribution in [1.29, 1.82) is 0 Å². The molecule has 0 spiro atoms. The van der Waals surface area contributed by atoms with Crippen molar-refractivity contribution in [3.05, 3.63) is 52.7 Å². The molecule has 0 aliphatic carbocycles. The second kappa shape index (κ2) is 8.61. The first-order valence-electron chi connectivity index (χ1n) is 9.87. The SMILES string of the molecule is Cc1cc(C)cc(CNc2cc(C(=O)O)cnc2N2CCN(C(C)C)CC2)c1. The lowest BCUT2D eigenvalue weighted by molar-refractivity contribution is 0.0696. The van der Waals surface area contributed by atoms with E-state index in [1.807, 2.05) is 0 Å². The van der Waals surface area contributed by atoms with Crippen LogP contribution in [-0.2, 0) is 6.54 Å². The fourth-order valence-electron chi connectivity index (χ4n) is 3.78. The molecule has 1 aliphatic rings. The van der Waals surface area contributed by atoms with Crippen molar-refractivity contribution in [2.45, 2.75) is 40.3 Å². The molecule has 0 unspecified atom stereocenters. The highest BCUT2D eigenvalue weighted by Gasteiger charge is 2.22. The van der Waals surface area contributed by atoms with Crippen LogP contribution in [0.4, 0.5) is 11.5 Å². The molecule has 1 aliphatic heterocycles. The summed E-state index contributed by atoms with van der Waals surface area (Å²) in [6, 6.07) is 8.68. The number of hydrogen-bond acceptors (Lipinski definition) is 5.